The van der Waals surface area contributed by atoms with E-state index < -0.39 is 12.7 Å². The first-order chi connectivity index (χ1) is 12.9. The summed E-state index contributed by atoms with van der Waals surface area (Å²) in [5, 5.41) is 8.52. The van der Waals surface area contributed by atoms with Crippen LogP contribution in [0.5, 0.6) is 5.75 Å². The molecule has 0 radical (unpaired) electrons. The Hall–Kier alpha value is -1.35. The van der Waals surface area contributed by atoms with Crippen LogP contribution in [0.3, 0.4) is 0 Å². The van der Waals surface area contributed by atoms with Crippen molar-refractivity contribution in [1.82, 2.24) is 19.9 Å². The highest BCUT2D eigenvalue weighted by molar-refractivity contribution is 9.10. The van der Waals surface area contributed by atoms with Gasteiger partial charge in [0.25, 0.3) is 0 Å². The van der Waals surface area contributed by atoms with E-state index in [1.54, 1.807) is 0 Å². The lowest BCUT2D eigenvalue weighted by molar-refractivity contribution is -0.148. The lowest BCUT2D eigenvalue weighted by Crippen LogP contribution is -2.41. The SMILES string of the molecule is FC(F)(F)CN1CCC(COc2ccc3c(nnn3CC3CC3)c2Br)CC1. The topological polar surface area (TPSA) is 43.2 Å². The largest absolute Gasteiger partial charge is 0.492 e. The molecule has 5 nitrogen and oxygen atoms in total. The van der Waals surface area contributed by atoms with Crippen LogP contribution in [0.25, 0.3) is 11.0 Å². The summed E-state index contributed by atoms with van der Waals surface area (Å²) in [6.07, 6.45) is -0.182. The van der Waals surface area contributed by atoms with Crippen LogP contribution >= 0.6 is 15.9 Å². The van der Waals surface area contributed by atoms with Gasteiger partial charge >= 0.3 is 6.18 Å². The number of likely N-dealkylation sites (tertiary alicyclic amines) is 1. The standard InChI is InChI=1S/C18H22BrF3N4O/c19-16-15(4-3-14-17(16)23-24-26(14)9-12-1-2-12)27-10-13-5-7-25(8-6-13)11-18(20,21)22/h3-4,12-13H,1-2,5-11H2. The van der Waals surface area contributed by atoms with Crippen molar-refractivity contribution in [2.75, 3.05) is 26.2 Å². The van der Waals surface area contributed by atoms with Crippen molar-refractivity contribution in [3.8, 4) is 5.75 Å². The first kappa shape index (κ1) is 19.0. The minimum atomic E-state index is -4.12. The molecular formula is C18H22BrF3N4O. The molecular weight excluding hydrogens is 425 g/mol. The van der Waals surface area contributed by atoms with E-state index in [4.69, 9.17) is 4.74 Å². The minimum absolute atomic E-state index is 0.266. The van der Waals surface area contributed by atoms with E-state index in [9.17, 15) is 13.2 Å². The lowest BCUT2D eigenvalue weighted by Gasteiger charge is -2.32. The van der Waals surface area contributed by atoms with Gasteiger partial charge < -0.3 is 4.74 Å². The zero-order valence-electron chi connectivity index (χ0n) is 14.9. The molecule has 9 heteroatoms. The summed E-state index contributed by atoms with van der Waals surface area (Å²) in [6, 6.07) is 3.89. The fourth-order valence-electron chi connectivity index (χ4n) is 3.55. The van der Waals surface area contributed by atoms with Gasteiger partial charge in [0.2, 0.25) is 0 Å². The second-order valence-electron chi connectivity index (χ2n) is 7.61. The molecule has 27 heavy (non-hydrogen) atoms. The predicted molar refractivity (Wildman–Crippen MR) is 98.7 cm³/mol. The molecule has 4 rings (SSSR count). The lowest BCUT2D eigenvalue weighted by atomic mass is 9.98. The summed E-state index contributed by atoms with van der Waals surface area (Å²) in [5.74, 6) is 1.69. The van der Waals surface area contributed by atoms with Crippen LogP contribution in [0, 0.1) is 11.8 Å². The number of aromatic nitrogens is 3. The Morgan fingerprint density at radius 2 is 1.85 bits per heavy atom. The second-order valence-corrected chi connectivity index (χ2v) is 8.40. The Kier molecular flexibility index (Phi) is 5.33. The number of ether oxygens (including phenoxy) is 1. The van der Waals surface area contributed by atoms with Gasteiger partial charge in [-0.15, -0.1) is 5.10 Å². The molecule has 2 heterocycles. The van der Waals surface area contributed by atoms with Crippen molar-refractivity contribution in [2.45, 2.75) is 38.4 Å². The maximum atomic E-state index is 12.5. The number of fused-ring (bicyclic) bond motifs is 1. The Balaban J connectivity index is 1.33. The van der Waals surface area contributed by atoms with E-state index in [0.717, 1.165) is 22.1 Å². The van der Waals surface area contributed by atoms with Crippen LogP contribution in [0.4, 0.5) is 13.2 Å². The first-order valence-electron chi connectivity index (χ1n) is 9.32. The molecule has 0 spiro atoms. The molecule has 2 aliphatic rings. The van der Waals surface area contributed by atoms with Crippen LogP contribution in [0.2, 0.25) is 0 Å². The number of nitrogens with zero attached hydrogens (tertiary/aromatic N) is 4. The van der Waals surface area contributed by atoms with Crippen LogP contribution in [-0.4, -0.2) is 52.3 Å². The maximum Gasteiger partial charge on any atom is 0.401 e. The summed E-state index contributed by atoms with van der Waals surface area (Å²) in [5.41, 5.74) is 1.77. The van der Waals surface area contributed by atoms with E-state index in [1.807, 2.05) is 16.8 Å². The molecule has 0 unspecified atom stereocenters. The maximum absolute atomic E-state index is 12.5. The minimum Gasteiger partial charge on any atom is -0.492 e. The fraction of sp³-hybridized carbons (Fsp3) is 0.667. The van der Waals surface area contributed by atoms with E-state index in [1.165, 1.54) is 17.7 Å². The van der Waals surface area contributed by atoms with Gasteiger partial charge in [-0.05, 0) is 78.7 Å². The smallest absolute Gasteiger partial charge is 0.401 e. The molecule has 0 amide bonds. The molecule has 0 bridgehead atoms. The Bertz CT molecular complexity index is 798. The van der Waals surface area contributed by atoms with Gasteiger partial charge in [-0.1, -0.05) is 5.21 Å². The van der Waals surface area contributed by atoms with Gasteiger partial charge in [-0.3, -0.25) is 4.90 Å². The molecule has 0 N–H and O–H groups in total. The molecule has 1 aliphatic carbocycles. The number of piperidine rings is 1. The van der Waals surface area contributed by atoms with Gasteiger partial charge in [0.1, 0.15) is 11.3 Å². The van der Waals surface area contributed by atoms with Crippen LogP contribution in [0.15, 0.2) is 16.6 Å². The molecule has 148 valence electrons. The Morgan fingerprint density at radius 3 is 2.52 bits per heavy atom. The number of halogens is 4. The zero-order valence-corrected chi connectivity index (χ0v) is 16.5. The summed E-state index contributed by atoms with van der Waals surface area (Å²) < 4.78 is 46.1. The molecule has 1 aromatic heterocycles. The van der Waals surface area contributed by atoms with Crippen molar-refractivity contribution in [1.29, 1.82) is 0 Å². The Labute approximate surface area is 164 Å². The molecule has 2 aromatic rings. The first-order valence-corrected chi connectivity index (χ1v) is 10.1. The molecule has 1 aliphatic heterocycles. The quantitative estimate of drug-likeness (QED) is 0.664. The number of hydrogen-bond donors (Lipinski definition) is 0. The van der Waals surface area contributed by atoms with Gasteiger partial charge in [-0.2, -0.15) is 13.2 Å². The fourth-order valence-corrected chi connectivity index (χ4v) is 4.08. The molecule has 0 atom stereocenters. The Morgan fingerprint density at radius 1 is 1.11 bits per heavy atom. The van der Waals surface area contributed by atoms with Gasteiger partial charge in [-0.25, -0.2) is 4.68 Å². The monoisotopic (exact) mass is 446 g/mol. The van der Waals surface area contributed by atoms with Gasteiger partial charge in [0.15, 0.2) is 0 Å². The van der Waals surface area contributed by atoms with Crippen molar-refractivity contribution in [2.24, 2.45) is 11.8 Å². The summed E-state index contributed by atoms with van der Waals surface area (Å²) >= 11 is 3.57. The van der Waals surface area contributed by atoms with Crippen molar-refractivity contribution < 1.29 is 17.9 Å². The third kappa shape index (κ3) is 4.74. The number of benzene rings is 1. The number of hydrogen-bond acceptors (Lipinski definition) is 4. The summed E-state index contributed by atoms with van der Waals surface area (Å²) in [6.45, 7) is 1.51. The van der Waals surface area contributed by atoms with E-state index in [-0.39, 0.29) is 5.92 Å². The average Bonchev–Trinajstić information content (AvgIpc) is 3.33. The highest BCUT2D eigenvalue weighted by atomic mass is 79.9. The third-order valence-electron chi connectivity index (χ3n) is 5.30. The van der Waals surface area contributed by atoms with E-state index in [2.05, 4.69) is 26.2 Å². The average molecular weight is 447 g/mol. The number of rotatable bonds is 6. The van der Waals surface area contributed by atoms with Crippen LogP contribution in [-0.2, 0) is 6.54 Å². The predicted octanol–water partition coefficient (Wildman–Crippen LogP) is 4.26. The van der Waals surface area contributed by atoms with Crippen LogP contribution < -0.4 is 4.74 Å². The highest BCUT2D eigenvalue weighted by Gasteiger charge is 2.32. The molecule has 1 aromatic carbocycles. The van der Waals surface area contributed by atoms with Crippen molar-refractivity contribution in [3.05, 3.63) is 16.6 Å². The van der Waals surface area contributed by atoms with E-state index >= 15 is 0 Å². The van der Waals surface area contributed by atoms with Crippen LogP contribution in [0.1, 0.15) is 25.7 Å². The van der Waals surface area contributed by atoms with Gasteiger partial charge in [0.05, 0.1) is 23.1 Å². The third-order valence-corrected chi connectivity index (χ3v) is 6.07. The second kappa shape index (κ2) is 7.58. The number of alkyl halides is 3. The van der Waals surface area contributed by atoms with Gasteiger partial charge in [0, 0.05) is 6.54 Å². The van der Waals surface area contributed by atoms with E-state index in [0.29, 0.717) is 44.2 Å². The van der Waals surface area contributed by atoms with Crippen molar-refractivity contribution in [3.63, 3.8) is 0 Å². The molecule has 1 saturated heterocycles. The zero-order chi connectivity index (χ0) is 19.0. The van der Waals surface area contributed by atoms with Crippen molar-refractivity contribution >= 4 is 27.0 Å². The highest BCUT2D eigenvalue weighted by Crippen LogP contribution is 2.35. The molecule has 1 saturated carbocycles. The normalized spacial score (nSPS) is 19.7. The molecule has 2 fully saturated rings. The summed E-state index contributed by atoms with van der Waals surface area (Å²) in [7, 11) is 0. The summed E-state index contributed by atoms with van der Waals surface area (Å²) in [4.78, 5) is 1.47.